The van der Waals surface area contributed by atoms with E-state index in [1.165, 1.54) is 9.58 Å². The molecule has 1 heterocycles. The first-order valence-electron chi connectivity index (χ1n) is 3.33. The van der Waals surface area contributed by atoms with Crippen LogP contribution in [-0.2, 0) is 0 Å². The van der Waals surface area contributed by atoms with E-state index in [1.54, 1.807) is 17.4 Å². The van der Waals surface area contributed by atoms with E-state index in [1.807, 2.05) is 6.07 Å². The molecule has 0 atom stereocenters. The highest BCUT2D eigenvalue weighted by atomic mass is 35.5. The van der Waals surface area contributed by atoms with Crippen molar-refractivity contribution in [1.29, 1.82) is 0 Å². The highest BCUT2D eigenvalue weighted by Gasteiger charge is 1.97. The maximum Gasteiger partial charge on any atom is 0.0426 e. The van der Waals surface area contributed by atoms with Crippen LogP contribution in [0.25, 0.3) is 10.1 Å². The Bertz CT molecular complexity index is 389. The molecule has 0 unspecified atom stereocenters. The minimum absolute atomic E-state index is 0.763. The zero-order valence-electron chi connectivity index (χ0n) is 6.02. The van der Waals surface area contributed by atoms with Crippen molar-refractivity contribution in [3.05, 3.63) is 34.2 Å². The Labute approximate surface area is 74.4 Å². The van der Waals surface area contributed by atoms with Crippen molar-refractivity contribution in [2.75, 3.05) is 0 Å². The molecule has 2 rings (SSSR count). The summed E-state index contributed by atoms with van der Waals surface area (Å²) in [5.74, 6) is 0. The van der Waals surface area contributed by atoms with Gasteiger partial charge in [0.05, 0.1) is 0 Å². The van der Waals surface area contributed by atoms with Crippen LogP contribution in [0.3, 0.4) is 0 Å². The molecule has 0 fully saturated rings. The van der Waals surface area contributed by atoms with Crippen molar-refractivity contribution in [2.24, 2.45) is 0 Å². The van der Waals surface area contributed by atoms with Gasteiger partial charge in [-0.3, -0.25) is 0 Å². The molecule has 1 aromatic heterocycles. The second kappa shape index (κ2) is 2.50. The SMILES string of the molecule is Cc1cc2[c]cc(Cl)cc2s1. The lowest BCUT2D eigenvalue weighted by Gasteiger charge is -1.87. The largest absolute Gasteiger partial charge is 0.141 e. The number of thiophene rings is 1. The molecule has 0 nitrogen and oxygen atoms in total. The molecular formula is C9H6ClS. The third kappa shape index (κ3) is 1.26. The van der Waals surface area contributed by atoms with E-state index in [0.717, 1.165) is 10.4 Å². The van der Waals surface area contributed by atoms with E-state index < -0.39 is 0 Å². The van der Waals surface area contributed by atoms with E-state index in [9.17, 15) is 0 Å². The number of hydrogen-bond acceptors (Lipinski definition) is 1. The van der Waals surface area contributed by atoms with E-state index in [2.05, 4.69) is 19.1 Å². The molecule has 0 bridgehead atoms. The van der Waals surface area contributed by atoms with Crippen LogP contribution in [-0.4, -0.2) is 0 Å². The summed E-state index contributed by atoms with van der Waals surface area (Å²) < 4.78 is 1.22. The van der Waals surface area contributed by atoms with Crippen LogP contribution in [0.5, 0.6) is 0 Å². The Hall–Kier alpha value is -0.530. The molecule has 0 aliphatic heterocycles. The highest BCUT2D eigenvalue weighted by Crippen LogP contribution is 2.26. The fourth-order valence-electron chi connectivity index (χ4n) is 1.07. The van der Waals surface area contributed by atoms with Crippen molar-refractivity contribution in [1.82, 2.24) is 0 Å². The van der Waals surface area contributed by atoms with Gasteiger partial charge < -0.3 is 0 Å². The van der Waals surface area contributed by atoms with E-state index in [0.29, 0.717) is 0 Å². The monoisotopic (exact) mass is 181 g/mol. The van der Waals surface area contributed by atoms with Crippen LogP contribution in [0.1, 0.15) is 4.88 Å². The summed E-state index contributed by atoms with van der Waals surface area (Å²) in [4.78, 5) is 1.30. The Balaban J connectivity index is 2.82. The molecule has 0 saturated heterocycles. The highest BCUT2D eigenvalue weighted by molar-refractivity contribution is 7.19. The standard InChI is InChI=1S/C9H6ClS/c1-6-4-7-2-3-8(10)5-9(7)11-6/h3-5H,1H3. The molecule has 2 aromatic rings. The van der Waals surface area contributed by atoms with Crippen LogP contribution < -0.4 is 0 Å². The first-order valence-corrected chi connectivity index (χ1v) is 4.52. The second-order valence-electron chi connectivity index (χ2n) is 2.45. The van der Waals surface area contributed by atoms with Gasteiger partial charge in [-0.25, -0.2) is 0 Å². The molecular weight excluding hydrogens is 176 g/mol. The second-order valence-corrected chi connectivity index (χ2v) is 4.18. The zero-order chi connectivity index (χ0) is 7.84. The van der Waals surface area contributed by atoms with Crippen LogP contribution >= 0.6 is 22.9 Å². The Morgan fingerprint density at radius 3 is 3.09 bits per heavy atom. The van der Waals surface area contributed by atoms with Gasteiger partial charge in [0, 0.05) is 20.0 Å². The van der Waals surface area contributed by atoms with Crippen molar-refractivity contribution >= 4 is 33.0 Å². The number of benzene rings is 1. The maximum atomic E-state index is 5.80. The lowest BCUT2D eigenvalue weighted by molar-refractivity contribution is 1.65. The topological polar surface area (TPSA) is 0 Å². The van der Waals surface area contributed by atoms with Gasteiger partial charge in [-0.05, 0) is 31.2 Å². The quantitative estimate of drug-likeness (QED) is 0.582. The molecule has 1 radical (unpaired) electrons. The van der Waals surface area contributed by atoms with Gasteiger partial charge in [0.15, 0.2) is 0 Å². The van der Waals surface area contributed by atoms with Crippen LogP contribution in [0, 0.1) is 13.0 Å². The minimum Gasteiger partial charge on any atom is -0.141 e. The molecule has 0 amide bonds. The predicted molar refractivity (Wildman–Crippen MR) is 50.4 cm³/mol. The number of aryl methyl sites for hydroxylation is 1. The van der Waals surface area contributed by atoms with Gasteiger partial charge in [-0.1, -0.05) is 11.6 Å². The maximum absolute atomic E-state index is 5.80. The fourth-order valence-corrected chi connectivity index (χ4v) is 2.23. The predicted octanol–water partition coefficient (Wildman–Crippen LogP) is 3.66. The average molecular weight is 182 g/mol. The summed E-state index contributed by atoms with van der Waals surface area (Å²) in [5, 5.41) is 1.93. The molecule has 0 N–H and O–H groups in total. The fraction of sp³-hybridized carbons (Fsp3) is 0.111. The van der Waals surface area contributed by atoms with Gasteiger partial charge in [0.25, 0.3) is 0 Å². The summed E-state index contributed by atoms with van der Waals surface area (Å²) >= 11 is 7.55. The molecule has 55 valence electrons. The normalized spacial score (nSPS) is 10.7. The molecule has 1 aromatic carbocycles. The van der Waals surface area contributed by atoms with Gasteiger partial charge in [-0.2, -0.15) is 0 Å². The summed E-state index contributed by atoms with van der Waals surface area (Å²) in [5.41, 5.74) is 0. The van der Waals surface area contributed by atoms with Crippen molar-refractivity contribution in [3.63, 3.8) is 0 Å². The summed E-state index contributed by atoms with van der Waals surface area (Å²) in [6.07, 6.45) is 0. The number of fused-ring (bicyclic) bond motifs is 1. The third-order valence-corrected chi connectivity index (χ3v) is 2.73. The van der Waals surface area contributed by atoms with Crippen molar-refractivity contribution in [3.8, 4) is 0 Å². The number of rotatable bonds is 0. The summed E-state index contributed by atoms with van der Waals surface area (Å²) in [6.45, 7) is 2.09. The van der Waals surface area contributed by atoms with Gasteiger partial charge in [-0.15, -0.1) is 11.3 Å². The van der Waals surface area contributed by atoms with Crippen LogP contribution in [0.4, 0.5) is 0 Å². The molecule has 2 heteroatoms. The third-order valence-electron chi connectivity index (χ3n) is 1.52. The van der Waals surface area contributed by atoms with E-state index in [-0.39, 0.29) is 0 Å². The number of halogens is 1. The molecule has 0 aliphatic carbocycles. The average Bonchev–Trinajstić information content (AvgIpc) is 2.27. The smallest absolute Gasteiger partial charge is 0.0426 e. The molecule has 11 heavy (non-hydrogen) atoms. The Morgan fingerprint density at radius 1 is 1.45 bits per heavy atom. The summed E-state index contributed by atoms with van der Waals surface area (Å²) in [6, 6.07) is 9.02. The minimum atomic E-state index is 0.763. The molecule has 0 aliphatic rings. The van der Waals surface area contributed by atoms with E-state index in [4.69, 9.17) is 11.6 Å². The molecule has 0 spiro atoms. The van der Waals surface area contributed by atoms with E-state index >= 15 is 0 Å². The Morgan fingerprint density at radius 2 is 2.27 bits per heavy atom. The number of hydrogen-bond donors (Lipinski definition) is 0. The zero-order valence-corrected chi connectivity index (χ0v) is 7.59. The van der Waals surface area contributed by atoms with Gasteiger partial charge >= 0.3 is 0 Å². The van der Waals surface area contributed by atoms with Gasteiger partial charge in [0.1, 0.15) is 0 Å². The van der Waals surface area contributed by atoms with Crippen LogP contribution in [0.2, 0.25) is 5.02 Å². The first kappa shape index (κ1) is 7.14. The Kier molecular flexibility index (Phi) is 1.63. The van der Waals surface area contributed by atoms with Crippen LogP contribution in [0.15, 0.2) is 18.2 Å². The lowest BCUT2D eigenvalue weighted by atomic mass is 10.2. The van der Waals surface area contributed by atoms with Gasteiger partial charge in [0.2, 0.25) is 0 Å². The van der Waals surface area contributed by atoms with Crippen molar-refractivity contribution < 1.29 is 0 Å². The first-order chi connectivity index (χ1) is 5.25. The summed E-state index contributed by atoms with van der Waals surface area (Å²) in [7, 11) is 0. The lowest BCUT2D eigenvalue weighted by Crippen LogP contribution is -1.62. The van der Waals surface area contributed by atoms with Crippen molar-refractivity contribution in [2.45, 2.75) is 6.92 Å². The molecule has 0 saturated carbocycles.